The van der Waals surface area contributed by atoms with Crippen LogP contribution in [0.4, 0.5) is 5.69 Å². The van der Waals surface area contributed by atoms with Crippen molar-refractivity contribution >= 4 is 17.0 Å². The van der Waals surface area contributed by atoms with Crippen molar-refractivity contribution < 1.29 is 0 Å². The summed E-state index contributed by atoms with van der Waals surface area (Å²) in [6, 6.07) is 12.5. The van der Waals surface area contributed by atoms with Crippen LogP contribution in [-0.4, -0.2) is 25.0 Å². The van der Waals surface area contributed by atoms with Crippen LogP contribution in [0.15, 0.2) is 41.8 Å². The fourth-order valence-electron chi connectivity index (χ4n) is 1.94. The number of anilines is 1. The molecule has 0 amide bonds. The molecule has 1 aromatic carbocycles. The number of nitrogens with two attached hydrogens (primary N) is 1. The van der Waals surface area contributed by atoms with Crippen LogP contribution in [0.2, 0.25) is 0 Å². The van der Waals surface area contributed by atoms with E-state index in [1.54, 1.807) is 0 Å². The van der Waals surface area contributed by atoms with Crippen LogP contribution in [0.25, 0.3) is 0 Å². The van der Waals surface area contributed by atoms with Crippen LogP contribution in [0.1, 0.15) is 10.4 Å². The molecule has 2 nitrogen and oxygen atoms in total. The van der Waals surface area contributed by atoms with Crippen molar-refractivity contribution in [1.29, 1.82) is 0 Å². The maximum absolute atomic E-state index is 5.78. The quantitative estimate of drug-likeness (QED) is 0.809. The molecule has 0 saturated carbocycles. The Balaban J connectivity index is 1.73. The van der Waals surface area contributed by atoms with Gasteiger partial charge in [0.2, 0.25) is 0 Å². The molecule has 2 rings (SSSR count). The molecule has 0 aliphatic heterocycles. The monoisotopic (exact) mass is 260 g/mol. The molecule has 18 heavy (non-hydrogen) atoms. The summed E-state index contributed by atoms with van der Waals surface area (Å²) in [5, 5.41) is 2.14. The lowest BCUT2D eigenvalue weighted by molar-refractivity contribution is 0.344. The molecule has 2 aromatic rings. The zero-order chi connectivity index (χ0) is 12.8. The van der Waals surface area contributed by atoms with Crippen molar-refractivity contribution in [3.63, 3.8) is 0 Å². The Morgan fingerprint density at radius 3 is 2.67 bits per heavy atom. The first-order valence-electron chi connectivity index (χ1n) is 6.29. The minimum absolute atomic E-state index is 0.855. The summed E-state index contributed by atoms with van der Waals surface area (Å²) in [5.41, 5.74) is 7.95. The maximum Gasteiger partial charge on any atom is 0.0316 e. The Morgan fingerprint density at radius 1 is 1.11 bits per heavy atom. The van der Waals surface area contributed by atoms with Crippen LogP contribution in [0, 0.1) is 0 Å². The van der Waals surface area contributed by atoms with Gasteiger partial charge in [-0.3, -0.25) is 0 Å². The van der Waals surface area contributed by atoms with E-state index < -0.39 is 0 Å². The molecule has 0 saturated heterocycles. The summed E-state index contributed by atoms with van der Waals surface area (Å²) in [4.78, 5) is 3.84. The minimum atomic E-state index is 0.855. The van der Waals surface area contributed by atoms with Crippen molar-refractivity contribution in [2.24, 2.45) is 0 Å². The molecule has 0 radical (unpaired) electrons. The first kappa shape index (κ1) is 13.1. The second-order valence-corrected chi connectivity index (χ2v) is 5.66. The molecule has 0 aliphatic rings. The normalized spacial score (nSPS) is 11.0. The van der Waals surface area contributed by atoms with Gasteiger partial charge in [-0.05, 0) is 49.0 Å². The van der Waals surface area contributed by atoms with E-state index in [4.69, 9.17) is 5.73 Å². The number of nitrogens with zero attached hydrogens (tertiary/aromatic N) is 1. The lowest BCUT2D eigenvalue weighted by Crippen LogP contribution is -2.23. The van der Waals surface area contributed by atoms with E-state index in [9.17, 15) is 0 Å². The smallest absolute Gasteiger partial charge is 0.0316 e. The first-order chi connectivity index (χ1) is 8.74. The number of benzene rings is 1. The fourth-order valence-corrected chi connectivity index (χ4v) is 2.63. The van der Waals surface area contributed by atoms with Crippen molar-refractivity contribution in [2.45, 2.75) is 12.8 Å². The Morgan fingerprint density at radius 2 is 1.94 bits per heavy atom. The van der Waals surface area contributed by atoms with Crippen LogP contribution < -0.4 is 5.73 Å². The molecule has 96 valence electrons. The van der Waals surface area contributed by atoms with Gasteiger partial charge in [0.25, 0.3) is 0 Å². The van der Waals surface area contributed by atoms with Gasteiger partial charge in [-0.2, -0.15) is 0 Å². The van der Waals surface area contributed by atoms with E-state index in [1.807, 2.05) is 23.5 Å². The van der Waals surface area contributed by atoms with E-state index >= 15 is 0 Å². The standard InChI is InChI=1S/C15H20N2S/c1-17(10-8-15-6-3-11-18-15)9-7-13-4-2-5-14(16)12-13/h2-6,11-12H,7-10,16H2,1H3. The summed E-state index contributed by atoms with van der Waals surface area (Å²) in [6.07, 6.45) is 2.21. The summed E-state index contributed by atoms with van der Waals surface area (Å²) < 4.78 is 0. The zero-order valence-electron chi connectivity index (χ0n) is 10.8. The SMILES string of the molecule is CN(CCc1cccc(N)c1)CCc1cccs1. The summed E-state index contributed by atoms with van der Waals surface area (Å²) in [5.74, 6) is 0. The van der Waals surface area contributed by atoms with Gasteiger partial charge >= 0.3 is 0 Å². The van der Waals surface area contributed by atoms with E-state index in [0.29, 0.717) is 0 Å². The molecule has 0 atom stereocenters. The van der Waals surface area contributed by atoms with Crippen molar-refractivity contribution in [1.82, 2.24) is 4.90 Å². The lowest BCUT2D eigenvalue weighted by Gasteiger charge is -2.16. The van der Waals surface area contributed by atoms with Crippen LogP contribution in [-0.2, 0) is 12.8 Å². The second-order valence-electron chi connectivity index (χ2n) is 4.63. The predicted molar refractivity (Wildman–Crippen MR) is 80.1 cm³/mol. The Kier molecular flexibility index (Phi) is 4.79. The lowest BCUT2D eigenvalue weighted by atomic mass is 10.1. The van der Waals surface area contributed by atoms with Gasteiger partial charge in [-0.25, -0.2) is 0 Å². The molecule has 0 bridgehead atoms. The highest BCUT2D eigenvalue weighted by Crippen LogP contribution is 2.10. The number of likely N-dealkylation sites (N-methyl/N-ethyl adjacent to an activating group) is 1. The molecule has 3 heteroatoms. The van der Waals surface area contributed by atoms with Crippen LogP contribution >= 0.6 is 11.3 Å². The highest BCUT2D eigenvalue weighted by molar-refractivity contribution is 7.09. The van der Waals surface area contributed by atoms with Crippen molar-refractivity contribution in [2.75, 3.05) is 25.9 Å². The Labute approximate surface area is 113 Å². The van der Waals surface area contributed by atoms with E-state index in [2.05, 4.69) is 41.6 Å². The Hall–Kier alpha value is -1.32. The van der Waals surface area contributed by atoms with Gasteiger partial charge in [0, 0.05) is 23.7 Å². The summed E-state index contributed by atoms with van der Waals surface area (Å²) in [7, 11) is 2.18. The highest BCUT2D eigenvalue weighted by Gasteiger charge is 2.01. The number of thiophene rings is 1. The number of rotatable bonds is 6. The predicted octanol–water partition coefficient (Wildman–Crippen LogP) is 3.05. The molecule has 0 fully saturated rings. The van der Waals surface area contributed by atoms with Gasteiger partial charge in [-0.1, -0.05) is 18.2 Å². The zero-order valence-corrected chi connectivity index (χ0v) is 11.6. The molecule has 1 heterocycles. The van der Waals surface area contributed by atoms with Gasteiger partial charge < -0.3 is 10.6 Å². The highest BCUT2D eigenvalue weighted by atomic mass is 32.1. The number of nitrogen functional groups attached to an aromatic ring is 1. The molecule has 0 unspecified atom stereocenters. The Bertz CT molecular complexity index is 465. The largest absolute Gasteiger partial charge is 0.399 e. The second kappa shape index (κ2) is 6.57. The fraction of sp³-hybridized carbons (Fsp3) is 0.333. The average molecular weight is 260 g/mol. The third-order valence-electron chi connectivity index (χ3n) is 3.05. The molecule has 0 spiro atoms. The van der Waals surface area contributed by atoms with E-state index in [0.717, 1.165) is 31.6 Å². The first-order valence-corrected chi connectivity index (χ1v) is 7.17. The van der Waals surface area contributed by atoms with E-state index in [1.165, 1.54) is 10.4 Å². The number of hydrogen-bond acceptors (Lipinski definition) is 3. The molecule has 0 aliphatic carbocycles. The van der Waals surface area contributed by atoms with Crippen molar-refractivity contribution in [3.05, 3.63) is 52.2 Å². The van der Waals surface area contributed by atoms with Crippen molar-refractivity contribution in [3.8, 4) is 0 Å². The maximum atomic E-state index is 5.78. The average Bonchev–Trinajstić information content (AvgIpc) is 2.87. The summed E-state index contributed by atoms with van der Waals surface area (Å²) in [6.45, 7) is 2.19. The molecule has 1 aromatic heterocycles. The van der Waals surface area contributed by atoms with Gasteiger partial charge in [-0.15, -0.1) is 11.3 Å². The van der Waals surface area contributed by atoms with Gasteiger partial charge in [0.05, 0.1) is 0 Å². The van der Waals surface area contributed by atoms with Gasteiger partial charge in [0.15, 0.2) is 0 Å². The third-order valence-corrected chi connectivity index (χ3v) is 3.99. The molecular formula is C15H20N2S. The number of hydrogen-bond donors (Lipinski definition) is 1. The van der Waals surface area contributed by atoms with E-state index in [-0.39, 0.29) is 0 Å². The molecule has 2 N–H and O–H groups in total. The summed E-state index contributed by atoms with van der Waals surface area (Å²) >= 11 is 1.84. The van der Waals surface area contributed by atoms with Crippen LogP contribution in [0.5, 0.6) is 0 Å². The van der Waals surface area contributed by atoms with Gasteiger partial charge in [0.1, 0.15) is 0 Å². The minimum Gasteiger partial charge on any atom is -0.399 e. The molecular weight excluding hydrogens is 240 g/mol. The third kappa shape index (κ3) is 4.17. The van der Waals surface area contributed by atoms with Crippen LogP contribution in [0.3, 0.4) is 0 Å². The topological polar surface area (TPSA) is 29.3 Å².